The lowest BCUT2D eigenvalue weighted by Gasteiger charge is -2.26. The monoisotopic (exact) mass is 423 g/mol. The standard InChI is InChI=1S/C23H25N3OS2/c1-18(20-11-6-3-7-12-20)25-22(27)15-24-23(28)26(17-21-13-8-14-29-21)16-19-9-4-2-5-10-19/h2-14,18H,15-17H2,1H3,(H,24,28)(H,25,27). The Morgan fingerprint density at radius 1 is 1.00 bits per heavy atom. The van der Waals surface area contributed by atoms with Crippen LogP contribution in [0.4, 0.5) is 0 Å². The highest BCUT2D eigenvalue weighted by atomic mass is 32.1. The maximum Gasteiger partial charge on any atom is 0.239 e. The first-order valence-corrected chi connectivity index (χ1v) is 10.8. The lowest BCUT2D eigenvalue weighted by molar-refractivity contribution is -0.120. The average molecular weight is 424 g/mol. The van der Waals surface area contributed by atoms with E-state index in [0.717, 1.165) is 5.56 Å². The van der Waals surface area contributed by atoms with Gasteiger partial charge in [0.15, 0.2) is 5.11 Å². The van der Waals surface area contributed by atoms with Crippen molar-refractivity contribution < 1.29 is 4.79 Å². The fourth-order valence-corrected chi connectivity index (χ4v) is 3.90. The molecule has 150 valence electrons. The van der Waals surface area contributed by atoms with Crippen LogP contribution in [-0.2, 0) is 17.9 Å². The van der Waals surface area contributed by atoms with Gasteiger partial charge in [0.2, 0.25) is 5.91 Å². The largest absolute Gasteiger partial charge is 0.353 e. The highest BCUT2D eigenvalue weighted by Crippen LogP contribution is 2.15. The molecule has 29 heavy (non-hydrogen) atoms. The summed E-state index contributed by atoms with van der Waals surface area (Å²) in [6.07, 6.45) is 0. The Balaban J connectivity index is 1.56. The van der Waals surface area contributed by atoms with Gasteiger partial charge in [0.05, 0.1) is 19.1 Å². The number of benzene rings is 2. The normalized spacial score (nSPS) is 11.5. The maximum atomic E-state index is 12.4. The summed E-state index contributed by atoms with van der Waals surface area (Å²) in [5.41, 5.74) is 2.25. The summed E-state index contributed by atoms with van der Waals surface area (Å²) in [5, 5.41) is 8.76. The van der Waals surface area contributed by atoms with E-state index in [1.807, 2.05) is 61.5 Å². The second-order valence-corrected chi connectivity index (χ2v) is 8.20. The molecule has 0 aliphatic carbocycles. The zero-order chi connectivity index (χ0) is 20.5. The third-order valence-corrected chi connectivity index (χ3v) is 5.77. The molecule has 0 saturated carbocycles. The highest BCUT2D eigenvalue weighted by Gasteiger charge is 2.14. The van der Waals surface area contributed by atoms with Crippen LogP contribution in [0.2, 0.25) is 0 Å². The maximum absolute atomic E-state index is 12.4. The number of rotatable bonds is 8. The van der Waals surface area contributed by atoms with Crippen molar-refractivity contribution in [2.75, 3.05) is 6.54 Å². The molecule has 0 aliphatic heterocycles. The van der Waals surface area contributed by atoms with Gasteiger partial charge >= 0.3 is 0 Å². The van der Waals surface area contributed by atoms with Crippen LogP contribution in [-0.4, -0.2) is 22.5 Å². The molecular weight excluding hydrogens is 398 g/mol. The summed E-state index contributed by atoms with van der Waals surface area (Å²) in [5.74, 6) is -0.0838. The predicted octanol–water partition coefficient (Wildman–Crippen LogP) is 4.50. The number of thiocarbonyl (C=S) groups is 1. The number of hydrogen-bond acceptors (Lipinski definition) is 3. The molecule has 4 nitrogen and oxygen atoms in total. The molecule has 0 bridgehead atoms. The van der Waals surface area contributed by atoms with Crippen LogP contribution in [0.1, 0.15) is 29.0 Å². The number of carbonyl (C=O) groups is 1. The fraction of sp³-hybridized carbons (Fsp3) is 0.217. The third kappa shape index (κ3) is 6.69. The Labute approximate surface area is 181 Å². The number of amides is 1. The Kier molecular flexibility index (Phi) is 7.78. The lowest BCUT2D eigenvalue weighted by atomic mass is 10.1. The molecule has 6 heteroatoms. The summed E-state index contributed by atoms with van der Waals surface area (Å²) in [4.78, 5) is 15.7. The number of carbonyl (C=O) groups excluding carboxylic acids is 1. The first kappa shape index (κ1) is 21.0. The van der Waals surface area contributed by atoms with Crippen molar-refractivity contribution in [2.24, 2.45) is 0 Å². The van der Waals surface area contributed by atoms with Gasteiger partial charge in [0.1, 0.15) is 0 Å². The third-order valence-electron chi connectivity index (χ3n) is 4.51. The Bertz CT molecular complexity index is 898. The summed E-state index contributed by atoms with van der Waals surface area (Å²) in [6, 6.07) is 24.2. The molecule has 3 rings (SSSR count). The minimum atomic E-state index is -0.0838. The second-order valence-electron chi connectivity index (χ2n) is 6.78. The molecule has 0 radical (unpaired) electrons. The molecule has 2 N–H and O–H groups in total. The number of nitrogens with zero attached hydrogens (tertiary/aromatic N) is 1. The molecule has 1 heterocycles. The zero-order valence-electron chi connectivity index (χ0n) is 16.4. The molecule has 2 aromatic carbocycles. The van der Waals surface area contributed by atoms with E-state index in [9.17, 15) is 4.79 Å². The van der Waals surface area contributed by atoms with Crippen LogP contribution in [0.25, 0.3) is 0 Å². The van der Waals surface area contributed by atoms with Gasteiger partial charge in [-0.05, 0) is 41.7 Å². The van der Waals surface area contributed by atoms with Crippen molar-refractivity contribution in [1.29, 1.82) is 0 Å². The van der Waals surface area contributed by atoms with Gasteiger partial charge in [0, 0.05) is 11.4 Å². The van der Waals surface area contributed by atoms with E-state index < -0.39 is 0 Å². The van der Waals surface area contributed by atoms with Crippen molar-refractivity contribution in [3.8, 4) is 0 Å². The number of nitrogens with one attached hydrogen (secondary N) is 2. The van der Waals surface area contributed by atoms with Crippen molar-refractivity contribution in [3.63, 3.8) is 0 Å². The predicted molar refractivity (Wildman–Crippen MR) is 124 cm³/mol. The highest BCUT2D eigenvalue weighted by molar-refractivity contribution is 7.80. The van der Waals surface area contributed by atoms with Crippen LogP contribution in [0, 0.1) is 0 Å². The second kappa shape index (κ2) is 10.7. The lowest BCUT2D eigenvalue weighted by Crippen LogP contribution is -2.44. The van der Waals surface area contributed by atoms with Crippen LogP contribution >= 0.6 is 23.6 Å². The summed E-state index contributed by atoms with van der Waals surface area (Å²) >= 11 is 7.31. The van der Waals surface area contributed by atoms with Gasteiger partial charge < -0.3 is 15.5 Å². The van der Waals surface area contributed by atoms with Gasteiger partial charge in [-0.3, -0.25) is 4.79 Å². The van der Waals surface area contributed by atoms with E-state index in [-0.39, 0.29) is 18.5 Å². The molecule has 1 unspecified atom stereocenters. The molecule has 0 aliphatic rings. The van der Waals surface area contributed by atoms with Crippen LogP contribution in [0.5, 0.6) is 0 Å². The topological polar surface area (TPSA) is 44.4 Å². The summed E-state index contributed by atoms with van der Waals surface area (Å²) in [6.45, 7) is 3.52. The molecule has 1 atom stereocenters. The van der Waals surface area contributed by atoms with Gasteiger partial charge in [-0.25, -0.2) is 0 Å². The van der Waals surface area contributed by atoms with E-state index in [2.05, 4.69) is 39.1 Å². The average Bonchev–Trinajstić information content (AvgIpc) is 3.26. The quantitative estimate of drug-likeness (QED) is 0.524. The molecule has 0 saturated heterocycles. The number of hydrogen-bond donors (Lipinski definition) is 2. The molecule has 0 spiro atoms. The van der Waals surface area contributed by atoms with Crippen molar-refractivity contribution in [1.82, 2.24) is 15.5 Å². The zero-order valence-corrected chi connectivity index (χ0v) is 18.0. The first-order chi connectivity index (χ1) is 14.1. The van der Waals surface area contributed by atoms with E-state index in [4.69, 9.17) is 12.2 Å². The van der Waals surface area contributed by atoms with Crippen molar-refractivity contribution in [2.45, 2.75) is 26.1 Å². The van der Waals surface area contributed by atoms with Crippen LogP contribution in [0.3, 0.4) is 0 Å². The Morgan fingerprint density at radius 2 is 1.69 bits per heavy atom. The molecule has 1 amide bonds. The summed E-state index contributed by atoms with van der Waals surface area (Å²) < 4.78 is 0. The molecule has 0 fully saturated rings. The summed E-state index contributed by atoms with van der Waals surface area (Å²) in [7, 11) is 0. The van der Waals surface area contributed by atoms with Crippen molar-refractivity contribution in [3.05, 3.63) is 94.2 Å². The van der Waals surface area contributed by atoms with Gasteiger partial charge in [-0.15, -0.1) is 11.3 Å². The molecule has 1 aromatic heterocycles. The molecular formula is C23H25N3OS2. The van der Waals surface area contributed by atoms with Crippen LogP contribution < -0.4 is 10.6 Å². The van der Waals surface area contributed by atoms with Gasteiger partial charge in [-0.1, -0.05) is 66.7 Å². The smallest absolute Gasteiger partial charge is 0.239 e. The minimum Gasteiger partial charge on any atom is -0.353 e. The SMILES string of the molecule is CC(NC(=O)CNC(=S)N(Cc1ccccc1)Cc1cccs1)c1ccccc1. The minimum absolute atomic E-state index is 0.0504. The first-order valence-electron chi connectivity index (χ1n) is 9.55. The van der Waals surface area contributed by atoms with E-state index in [1.165, 1.54) is 10.4 Å². The van der Waals surface area contributed by atoms with Crippen LogP contribution in [0.15, 0.2) is 78.2 Å². The van der Waals surface area contributed by atoms with Gasteiger partial charge in [0.25, 0.3) is 0 Å². The fourth-order valence-electron chi connectivity index (χ4n) is 2.98. The molecule has 3 aromatic rings. The van der Waals surface area contributed by atoms with E-state index in [1.54, 1.807) is 11.3 Å². The van der Waals surface area contributed by atoms with E-state index >= 15 is 0 Å². The van der Waals surface area contributed by atoms with Crippen molar-refractivity contribution >= 4 is 34.6 Å². The number of thiophene rings is 1. The van der Waals surface area contributed by atoms with E-state index in [0.29, 0.717) is 18.2 Å². The van der Waals surface area contributed by atoms with Gasteiger partial charge in [-0.2, -0.15) is 0 Å². The Morgan fingerprint density at radius 3 is 2.34 bits per heavy atom. The Hall–Kier alpha value is -2.70.